The Hall–Kier alpha value is -3.59. The van der Waals surface area contributed by atoms with E-state index in [1.807, 2.05) is 19.1 Å². The van der Waals surface area contributed by atoms with Crippen molar-refractivity contribution < 1.29 is 37.7 Å². The third-order valence-corrected chi connectivity index (χ3v) is 4.26. The number of ether oxygens (including phenoxy) is 3. The predicted octanol–water partition coefficient (Wildman–Crippen LogP) is 3.52. The van der Waals surface area contributed by atoms with Gasteiger partial charge in [-0.15, -0.1) is 0 Å². The standard InChI is InChI=1S/C14H15NO4.C8H10O4/c1-9-4-5-12(7-15-9)18-8-11-6-13(14(16)17-3)19-10(11)2;1-5-6(4-9)3-7(12-5)8(10)11-2/h4-7H,8H2,1-3H3;3,9H,4H2,1-2H3. The summed E-state index contributed by atoms with van der Waals surface area (Å²) in [6.45, 7) is 5.55. The van der Waals surface area contributed by atoms with E-state index in [4.69, 9.17) is 18.7 Å². The van der Waals surface area contributed by atoms with Crippen molar-refractivity contribution in [2.24, 2.45) is 0 Å². The lowest BCUT2D eigenvalue weighted by Gasteiger charge is -2.04. The van der Waals surface area contributed by atoms with Crippen LogP contribution in [0.4, 0.5) is 0 Å². The Bertz CT molecular complexity index is 1020. The fraction of sp³-hybridized carbons (Fsp3) is 0.318. The maximum Gasteiger partial charge on any atom is 0.373 e. The van der Waals surface area contributed by atoms with Crippen LogP contribution in [0.5, 0.6) is 5.75 Å². The molecular formula is C22H25NO8. The van der Waals surface area contributed by atoms with Crippen molar-refractivity contribution in [1.29, 1.82) is 0 Å². The second-order valence-electron chi connectivity index (χ2n) is 6.45. The molecule has 0 atom stereocenters. The highest BCUT2D eigenvalue weighted by Gasteiger charge is 2.15. The number of rotatable bonds is 6. The third-order valence-electron chi connectivity index (χ3n) is 4.26. The second kappa shape index (κ2) is 11.0. The Morgan fingerprint density at radius 3 is 1.94 bits per heavy atom. The van der Waals surface area contributed by atoms with Crippen molar-refractivity contribution in [2.45, 2.75) is 34.0 Å². The van der Waals surface area contributed by atoms with Gasteiger partial charge >= 0.3 is 11.9 Å². The van der Waals surface area contributed by atoms with Crippen LogP contribution < -0.4 is 4.74 Å². The van der Waals surface area contributed by atoms with Crippen molar-refractivity contribution in [3.05, 3.63) is 70.3 Å². The molecule has 0 aromatic carbocycles. The second-order valence-corrected chi connectivity index (χ2v) is 6.45. The van der Waals surface area contributed by atoms with E-state index in [-0.39, 0.29) is 18.1 Å². The van der Waals surface area contributed by atoms with Crippen molar-refractivity contribution in [3.8, 4) is 5.75 Å². The quantitative estimate of drug-likeness (QED) is 0.584. The van der Waals surface area contributed by atoms with Crippen LogP contribution in [0.25, 0.3) is 0 Å². The Morgan fingerprint density at radius 2 is 1.48 bits per heavy atom. The summed E-state index contributed by atoms with van der Waals surface area (Å²) in [4.78, 5) is 26.4. The zero-order chi connectivity index (χ0) is 23.0. The number of carbonyl (C=O) groups is 2. The Balaban J connectivity index is 0.000000245. The first kappa shape index (κ1) is 23.7. The Labute approximate surface area is 179 Å². The molecule has 0 saturated carbocycles. The zero-order valence-corrected chi connectivity index (χ0v) is 18.1. The fourth-order valence-corrected chi connectivity index (χ4v) is 2.44. The average molecular weight is 431 g/mol. The summed E-state index contributed by atoms with van der Waals surface area (Å²) >= 11 is 0. The summed E-state index contributed by atoms with van der Waals surface area (Å²) in [5, 5.41) is 8.77. The Morgan fingerprint density at radius 1 is 0.935 bits per heavy atom. The molecule has 166 valence electrons. The molecule has 31 heavy (non-hydrogen) atoms. The summed E-state index contributed by atoms with van der Waals surface area (Å²) in [6, 6.07) is 6.82. The number of pyridine rings is 1. The molecule has 0 radical (unpaired) electrons. The van der Waals surface area contributed by atoms with Gasteiger partial charge in [0.25, 0.3) is 0 Å². The number of hydrogen-bond acceptors (Lipinski definition) is 9. The maximum absolute atomic E-state index is 11.3. The normalized spacial score (nSPS) is 10.1. The van der Waals surface area contributed by atoms with Crippen molar-refractivity contribution in [2.75, 3.05) is 14.2 Å². The summed E-state index contributed by atoms with van der Waals surface area (Å²) in [5.74, 6) is 1.13. The summed E-state index contributed by atoms with van der Waals surface area (Å²) in [6.07, 6.45) is 1.66. The van der Waals surface area contributed by atoms with Crippen molar-refractivity contribution in [1.82, 2.24) is 4.98 Å². The molecule has 3 aromatic rings. The zero-order valence-electron chi connectivity index (χ0n) is 18.1. The van der Waals surface area contributed by atoms with Gasteiger partial charge in [-0.3, -0.25) is 4.98 Å². The van der Waals surface area contributed by atoms with Gasteiger partial charge in [0.2, 0.25) is 11.5 Å². The van der Waals surface area contributed by atoms with Gasteiger partial charge < -0.3 is 28.2 Å². The van der Waals surface area contributed by atoms with Gasteiger partial charge in [0.1, 0.15) is 23.9 Å². The predicted molar refractivity (Wildman–Crippen MR) is 109 cm³/mol. The van der Waals surface area contributed by atoms with Crippen LogP contribution in [0.2, 0.25) is 0 Å². The van der Waals surface area contributed by atoms with Gasteiger partial charge in [-0.2, -0.15) is 0 Å². The highest BCUT2D eigenvalue weighted by molar-refractivity contribution is 5.87. The van der Waals surface area contributed by atoms with E-state index in [1.54, 1.807) is 26.1 Å². The molecule has 0 aliphatic rings. The van der Waals surface area contributed by atoms with E-state index in [0.717, 1.165) is 11.3 Å². The van der Waals surface area contributed by atoms with E-state index >= 15 is 0 Å². The summed E-state index contributed by atoms with van der Waals surface area (Å²) in [7, 11) is 2.59. The van der Waals surface area contributed by atoms with Gasteiger partial charge in [0.15, 0.2) is 0 Å². The number of methoxy groups -OCH3 is 2. The van der Waals surface area contributed by atoms with Gasteiger partial charge in [-0.05, 0) is 45.0 Å². The number of aliphatic hydroxyl groups is 1. The maximum atomic E-state index is 11.3. The van der Waals surface area contributed by atoms with Crippen molar-refractivity contribution in [3.63, 3.8) is 0 Å². The van der Waals surface area contributed by atoms with E-state index in [9.17, 15) is 9.59 Å². The molecule has 0 spiro atoms. The SMILES string of the molecule is COC(=O)c1cc(CO)c(C)o1.COC(=O)c1cc(COc2ccc(C)nc2)c(C)o1. The van der Waals surface area contributed by atoms with Crippen LogP contribution in [-0.2, 0) is 22.7 Å². The molecule has 3 rings (SSSR count). The molecule has 0 fully saturated rings. The Kier molecular flexibility index (Phi) is 8.39. The molecule has 0 aliphatic heterocycles. The number of aliphatic hydroxyl groups excluding tert-OH is 1. The first-order valence-electron chi connectivity index (χ1n) is 9.30. The number of aryl methyl sites for hydroxylation is 3. The average Bonchev–Trinajstić information content (AvgIpc) is 3.34. The molecule has 0 bridgehead atoms. The minimum absolute atomic E-state index is 0.124. The van der Waals surface area contributed by atoms with E-state index in [1.165, 1.54) is 20.3 Å². The van der Waals surface area contributed by atoms with Crippen LogP contribution in [0.1, 0.15) is 49.5 Å². The van der Waals surface area contributed by atoms with E-state index < -0.39 is 11.9 Å². The highest BCUT2D eigenvalue weighted by atomic mass is 16.5. The van der Waals surface area contributed by atoms with Gasteiger partial charge in [0, 0.05) is 16.8 Å². The number of furan rings is 2. The minimum atomic E-state index is -0.530. The largest absolute Gasteiger partial charge is 0.487 e. The number of esters is 2. The molecule has 0 unspecified atom stereocenters. The van der Waals surface area contributed by atoms with Gasteiger partial charge in [-0.1, -0.05) is 0 Å². The first-order valence-corrected chi connectivity index (χ1v) is 9.30. The molecular weight excluding hydrogens is 406 g/mol. The van der Waals surface area contributed by atoms with E-state index in [0.29, 0.717) is 29.4 Å². The molecule has 0 amide bonds. The first-order chi connectivity index (χ1) is 14.8. The van der Waals surface area contributed by atoms with Crippen LogP contribution in [-0.4, -0.2) is 36.2 Å². The van der Waals surface area contributed by atoms with Gasteiger partial charge in [0.05, 0.1) is 27.0 Å². The topological polar surface area (TPSA) is 121 Å². The molecule has 3 aromatic heterocycles. The van der Waals surface area contributed by atoms with Crippen LogP contribution in [0.15, 0.2) is 39.3 Å². The monoisotopic (exact) mass is 431 g/mol. The highest BCUT2D eigenvalue weighted by Crippen LogP contribution is 2.18. The fourth-order valence-electron chi connectivity index (χ4n) is 2.44. The molecule has 9 heteroatoms. The third kappa shape index (κ3) is 6.45. The van der Waals surface area contributed by atoms with Gasteiger partial charge in [-0.25, -0.2) is 9.59 Å². The lowest BCUT2D eigenvalue weighted by Crippen LogP contribution is -1.99. The summed E-state index contributed by atoms with van der Waals surface area (Å²) in [5.41, 5.74) is 2.34. The molecule has 0 aliphatic carbocycles. The summed E-state index contributed by atoms with van der Waals surface area (Å²) < 4.78 is 24.9. The molecule has 3 heterocycles. The lowest BCUT2D eigenvalue weighted by atomic mass is 10.2. The molecule has 0 saturated heterocycles. The smallest absolute Gasteiger partial charge is 0.373 e. The lowest BCUT2D eigenvalue weighted by molar-refractivity contribution is 0.0556. The number of nitrogens with zero attached hydrogens (tertiary/aromatic N) is 1. The molecule has 1 N–H and O–H groups in total. The van der Waals surface area contributed by atoms with Crippen LogP contribution in [0, 0.1) is 20.8 Å². The van der Waals surface area contributed by atoms with Crippen molar-refractivity contribution >= 4 is 11.9 Å². The minimum Gasteiger partial charge on any atom is -0.487 e. The van der Waals surface area contributed by atoms with Crippen LogP contribution in [0.3, 0.4) is 0 Å². The van der Waals surface area contributed by atoms with E-state index in [2.05, 4.69) is 14.5 Å². The molecule has 9 nitrogen and oxygen atoms in total. The van der Waals surface area contributed by atoms with Crippen LogP contribution >= 0.6 is 0 Å². The number of hydrogen-bond donors (Lipinski definition) is 1. The number of carbonyl (C=O) groups excluding carboxylic acids is 2. The number of aromatic nitrogens is 1.